The number of amides is 1. The number of anilines is 1. The molecule has 0 bridgehead atoms. The van der Waals surface area contributed by atoms with Crippen molar-refractivity contribution in [2.75, 3.05) is 18.0 Å². The third-order valence-electron chi connectivity index (χ3n) is 4.33. The van der Waals surface area contributed by atoms with Crippen molar-refractivity contribution < 1.29 is 4.79 Å². The van der Waals surface area contributed by atoms with Crippen LogP contribution >= 0.6 is 11.8 Å². The minimum atomic E-state index is 0.114. The van der Waals surface area contributed by atoms with Crippen molar-refractivity contribution in [3.05, 3.63) is 53.1 Å². The van der Waals surface area contributed by atoms with Crippen LogP contribution in [0.15, 0.2) is 53.1 Å². The SMILES string of the molecule is CCN(CC)C1=C(\SC(C)C)C(=O)N(c2ccccc2)C(C)C\C=C\1. The molecule has 1 aromatic rings. The van der Waals surface area contributed by atoms with Crippen molar-refractivity contribution in [3.8, 4) is 0 Å². The highest BCUT2D eigenvalue weighted by Crippen LogP contribution is 2.33. The molecule has 1 aromatic carbocycles. The Hall–Kier alpha value is -1.68. The van der Waals surface area contributed by atoms with Crippen LogP contribution in [0, 0.1) is 0 Å². The van der Waals surface area contributed by atoms with Crippen LogP contribution in [0.2, 0.25) is 0 Å². The lowest BCUT2D eigenvalue weighted by molar-refractivity contribution is -0.115. The molecule has 2 rings (SSSR count). The average molecular weight is 359 g/mol. The smallest absolute Gasteiger partial charge is 0.267 e. The highest BCUT2D eigenvalue weighted by molar-refractivity contribution is 8.04. The molecule has 0 radical (unpaired) electrons. The molecule has 0 aromatic heterocycles. The Kier molecular flexibility index (Phi) is 7.18. The zero-order chi connectivity index (χ0) is 18.4. The Labute approximate surface area is 156 Å². The van der Waals surface area contributed by atoms with Gasteiger partial charge in [0.1, 0.15) is 0 Å². The van der Waals surface area contributed by atoms with Gasteiger partial charge in [0.05, 0.1) is 10.6 Å². The first-order valence-corrected chi connectivity index (χ1v) is 10.1. The highest BCUT2D eigenvalue weighted by atomic mass is 32.2. The number of benzene rings is 1. The first-order valence-electron chi connectivity index (χ1n) is 9.20. The van der Waals surface area contributed by atoms with Gasteiger partial charge in [-0.25, -0.2) is 0 Å². The van der Waals surface area contributed by atoms with Gasteiger partial charge in [0.15, 0.2) is 0 Å². The number of carbonyl (C=O) groups is 1. The zero-order valence-electron chi connectivity index (χ0n) is 16.0. The molecular weight excluding hydrogens is 328 g/mol. The number of rotatable bonds is 6. The molecule has 1 unspecified atom stereocenters. The molecule has 136 valence electrons. The Morgan fingerprint density at radius 1 is 1.20 bits per heavy atom. The van der Waals surface area contributed by atoms with E-state index in [-0.39, 0.29) is 11.9 Å². The number of para-hydroxylation sites is 1. The van der Waals surface area contributed by atoms with E-state index in [4.69, 9.17) is 0 Å². The summed E-state index contributed by atoms with van der Waals surface area (Å²) in [5.41, 5.74) is 2.03. The topological polar surface area (TPSA) is 23.6 Å². The lowest BCUT2D eigenvalue weighted by Gasteiger charge is -2.34. The van der Waals surface area contributed by atoms with Gasteiger partial charge in [0, 0.05) is 30.1 Å². The van der Waals surface area contributed by atoms with Gasteiger partial charge in [-0.2, -0.15) is 0 Å². The third-order valence-corrected chi connectivity index (χ3v) is 5.42. The van der Waals surface area contributed by atoms with Gasteiger partial charge < -0.3 is 9.80 Å². The molecule has 0 fully saturated rings. The molecule has 4 heteroatoms. The van der Waals surface area contributed by atoms with Crippen molar-refractivity contribution >= 4 is 23.4 Å². The number of likely N-dealkylation sites (N-methyl/N-ethyl adjacent to an activating group) is 1. The number of carbonyl (C=O) groups excluding carboxylic acids is 1. The van der Waals surface area contributed by atoms with Crippen molar-refractivity contribution in [1.29, 1.82) is 0 Å². The van der Waals surface area contributed by atoms with E-state index in [0.29, 0.717) is 5.25 Å². The summed E-state index contributed by atoms with van der Waals surface area (Å²) < 4.78 is 0. The molecule has 0 N–H and O–H groups in total. The number of allylic oxidation sites excluding steroid dienone is 1. The summed E-state index contributed by atoms with van der Waals surface area (Å²) in [5, 5.41) is 0.352. The number of thioether (sulfide) groups is 1. The molecule has 0 saturated heterocycles. The van der Waals surface area contributed by atoms with Crippen molar-refractivity contribution in [3.63, 3.8) is 0 Å². The van der Waals surface area contributed by atoms with Crippen molar-refractivity contribution in [2.24, 2.45) is 0 Å². The van der Waals surface area contributed by atoms with E-state index < -0.39 is 0 Å². The normalized spacial score (nSPS) is 22.7. The van der Waals surface area contributed by atoms with E-state index in [1.165, 1.54) is 0 Å². The van der Waals surface area contributed by atoms with E-state index in [0.717, 1.165) is 35.8 Å². The minimum Gasteiger partial charge on any atom is -0.371 e. The lowest BCUT2D eigenvalue weighted by atomic mass is 10.1. The predicted molar refractivity (Wildman–Crippen MR) is 110 cm³/mol. The predicted octanol–water partition coefficient (Wildman–Crippen LogP) is 5.06. The third kappa shape index (κ3) is 4.69. The summed E-state index contributed by atoms with van der Waals surface area (Å²) in [6.45, 7) is 12.5. The van der Waals surface area contributed by atoms with Crippen LogP contribution in [0.3, 0.4) is 0 Å². The minimum absolute atomic E-state index is 0.114. The Balaban J connectivity index is 2.57. The highest BCUT2D eigenvalue weighted by Gasteiger charge is 2.29. The average Bonchev–Trinajstić information content (AvgIpc) is 2.59. The largest absolute Gasteiger partial charge is 0.371 e. The second-order valence-electron chi connectivity index (χ2n) is 6.55. The van der Waals surface area contributed by atoms with Gasteiger partial charge in [-0.05, 0) is 45.4 Å². The van der Waals surface area contributed by atoms with E-state index in [1.807, 2.05) is 35.2 Å². The molecule has 25 heavy (non-hydrogen) atoms. The summed E-state index contributed by atoms with van der Waals surface area (Å²) in [6.07, 6.45) is 5.21. The van der Waals surface area contributed by atoms with Gasteiger partial charge in [-0.3, -0.25) is 4.79 Å². The molecule has 0 saturated carbocycles. The maximum absolute atomic E-state index is 13.6. The summed E-state index contributed by atoms with van der Waals surface area (Å²) in [4.78, 5) is 18.7. The molecule has 1 amide bonds. The van der Waals surface area contributed by atoms with E-state index >= 15 is 0 Å². The molecule has 3 nitrogen and oxygen atoms in total. The van der Waals surface area contributed by atoms with Crippen LogP contribution < -0.4 is 4.90 Å². The van der Waals surface area contributed by atoms with Crippen molar-refractivity contribution in [2.45, 2.75) is 52.3 Å². The summed E-state index contributed by atoms with van der Waals surface area (Å²) in [5.74, 6) is 0.114. The van der Waals surface area contributed by atoms with E-state index in [1.54, 1.807) is 11.8 Å². The standard InChI is InChI=1S/C21H30N2OS/c1-6-22(7-2)19-15-11-12-17(5)23(18-13-9-8-10-14-18)21(24)20(19)25-16(3)4/h8-11,13-17H,6-7,12H2,1-5H3/b15-11+,20-19-. The van der Waals surface area contributed by atoms with Gasteiger partial charge in [0.2, 0.25) is 0 Å². The Morgan fingerprint density at radius 2 is 1.84 bits per heavy atom. The fourth-order valence-electron chi connectivity index (χ4n) is 3.10. The molecule has 0 spiro atoms. The van der Waals surface area contributed by atoms with Gasteiger partial charge in [-0.1, -0.05) is 38.1 Å². The summed E-state index contributed by atoms with van der Waals surface area (Å²) in [6, 6.07) is 10.2. The van der Waals surface area contributed by atoms with Crippen LogP contribution in [0.5, 0.6) is 0 Å². The molecule has 1 heterocycles. The zero-order valence-corrected chi connectivity index (χ0v) is 16.8. The summed E-state index contributed by atoms with van der Waals surface area (Å²) in [7, 11) is 0. The molecule has 0 aliphatic carbocycles. The number of hydrogen-bond donors (Lipinski definition) is 0. The number of hydrogen-bond acceptors (Lipinski definition) is 3. The van der Waals surface area contributed by atoms with E-state index in [2.05, 4.69) is 51.7 Å². The first kappa shape index (κ1) is 19.6. The fraction of sp³-hybridized carbons (Fsp3) is 0.476. The Bertz CT molecular complexity index is 633. The molecular formula is C21H30N2OS. The van der Waals surface area contributed by atoms with Gasteiger partial charge in [0.25, 0.3) is 5.91 Å². The summed E-state index contributed by atoms with van der Waals surface area (Å²) >= 11 is 1.67. The lowest BCUT2D eigenvalue weighted by Crippen LogP contribution is -2.41. The fourth-order valence-corrected chi connectivity index (χ4v) is 4.09. The maximum atomic E-state index is 13.6. The second kappa shape index (κ2) is 9.14. The first-order chi connectivity index (χ1) is 12.0. The van der Waals surface area contributed by atoms with Crippen molar-refractivity contribution in [1.82, 2.24) is 4.90 Å². The van der Waals surface area contributed by atoms with Crippen LogP contribution in [0.1, 0.15) is 41.0 Å². The monoisotopic (exact) mass is 358 g/mol. The number of nitrogens with zero attached hydrogens (tertiary/aromatic N) is 2. The van der Waals surface area contributed by atoms with Crippen LogP contribution in [0.4, 0.5) is 5.69 Å². The second-order valence-corrected chi connectivity index (χ2v) is 8.14. The van der Waals surface area contributed by atoms with Crippen LogP contribution in [-0.4, -0.2) is 35.2 Å². The molecule has 1 aliphatic rings. The molecule has 1 aliphatic heterocycles. The quantitative estimate of drug-likeness (QED) is 0.710. The van der Waals surface area contributed by atoms with E-state index in [9.17, 15) is 4.79 Å². The van der Waals surface area contributed by atoms with Gasteiger partial charge in [-0.15, -0.1) is 11.8 Å². The molecule has 1 atom stereocenters. The van der Waals surface area contributed by atoms with Crippen LogP contribution in [0.25, 0.3) is 0 Å². The maximum Gasteiger partial charge on any atom is 0.267 e. The Morgan fingerprint density at radius 3 is 2.40 bits per heavy atom. The van der Waals surface area contributed by atoms with Gasteiger partial charge >= 0.3 is 0 Å². The van der Waals surface area contributed by atoms with Crippen LogP contribution in [-0.2, 0) is 4.79 Å².